The molecule has 1 saturated heterocycles. The van der Waals surface area contributed by atoms with Gasteiger partial charge in [0.05, 0.1) is 18.2 Å². The fourth-order valence-corrected chi connectivity index (χ4v) is 3.66. The van der Waals surface area contributed by atoms with Crippen molar-refractivity contribution in [2.24, 2.45) is 10.1 Å². The van der Waals surface area contributed by atoms with Gasteiger partial charge >= 0.3 is 0 Å². The maximum atomic E-state index is 13.2. The van der Waals surface area contributed by atoms with E-state index in [0.717, 1.165) is 0 Å². The summed E-state index contributed by atoms with van der Waals surface area (Å²) in [5.41, 5.74) is 0.480. The molecule has 3 heterocycles. The highest BCUT2D eigenvalue weighted by Crippen LogP contribution is 2.24. The molecule has 32 heavy (non-hydrogen) atoms. The molecule has 0 bridgehead atoms. The van der Waals surface area contributed by atoms with E-state index < -0.39 is 0 Å². The van der Waals surface area contributed by atoms with E-state index in [1.807, 2.05) is 0 Å². The minimum atomic E-state index is -0.304. The maximum Gasteiger partial charge on any atom is 0.274 e. The number of methoxy groups -OCH3 is 1. The Hall–Kier alpha value is -3.44. The van der Waals surface area contributed by atoms with Gasteiger partial charge in [0.25, 0.3) is 5.56 Å². The largest absolute Gasteiger partial charge is 0.379 e. The monoisotopic (exact) mass is 443 g/mol. The van der Waals surface area contributed by atoms with Crippen LogP contribution < -0.4 is 21.5 Å². The lowest BCUT2D eigenvalue weighted by molar-refractivity contribution is -0.117. The summed E-state index contributed by atoms with van der Waals surface area (Å²) in [6, 6.07) is 3.34. The number of ether oxygens (including phenoxy) is 2. The third kappa shape index (κ3) is 4.58. The van der Waals surface area contributed by atoms with Crippen LogP contribution in [0.4, 0.5) is 5.69 Å². The lowest BCUT2D eigenvalue weighted by atomic mass is 10.1. The zero-order valence-electron chi connectivity index (χ0n) is 18.7. The summed E-state index contributed by atoms with van der Waals surface area (Å²) in [6.45, 7) is 6.20. The number of hydrazone groups is 1. The molecule has 0 spiro atoms. The van der Waals surface area contributed by atoms with Gasteiger partial charge in [-0.2, -0.15) is 10.1 Å². The van der Waals surface area contributed by atoms with Crippen LogP contribution in [0.25, 0.3) is 0 Å². The summed E-state index contributed by atoms with van der Waals surface area (Å²) in [4.78, 5) is 30.0. The van der Waals surface area contributed by atoms with E-state index in [9.17, 15) is 9.59 Å². The molecule has 0 saturated carbocycles. The molecule has 0 radical (unpaired) electrons. The number of carbonyl (C=O) groups is 1. The first kappa shape index (κ1) is 23.2. The smallest absolute Gasteiger partial charge is 0.274 e. The predicted molar refractivity (Wildman–Crippen MR) is 122 cm³/mol. The van der Waals surface area contributed by atoms with Gasteiger partial charge in [-0.3, -0.25) is 9.59 Å². The van der Waals surface area contributed by atoms with Crippen molar-refractivity contribution in [3.8, 4) is 0 Å². The van der Waals surface area contributed by atoms with Crippen LogP contribution >= 0.6 is 0 Å². The Balaban J connectivity index is 1.99. The predicted octanol–water partition coefficient (Wildman–Crippen LogP) is 0.605. The van der Waals surface area contributed by atoms with Gasteiger partial charge in [0, 0.05) is 46.8 Å². The summed E-state index contributed by atoms with van der Waals surface area (Å²) in [5.74, 6) is 0.892. The highest BCUT2D eigenvalue weighted by molar-refractivity contribution is 6.06. The molecule has 0 aromatic carbocycles. The average Bonchev–Trinajstić information content (AvgIpc) is 2.83. The van der Waals surface area contributed by atoms with Gasteiger partial charge in [-0.15, -0.1) is 0 Å². The van der Waals surface area contributed by atoms with E-state index in [0.29, 0.717) is 42.6 Å². The van der Waals surface area contributed by atoms with Crippen molar-refractivity contribution in [1.29, 1.82) is 0 Å². The number of amidine groups is 1. The molecule has 11 nitrogen and oxygen atoms in total. The van der Waals surface area contributed by atoms with Crippen molar-refractivity contribution in [1.82, 2.24) is 20.2 Å². The zero-order valence-corrected chi connectivity index (χ0v) is 18.7. The summed E-state index contributed by atoms with van der Waals surface area (Å²) < 4.78 is 12.7. The first-order valence-electron chi connectivity index (χ1n) is 10.2. The summed E-state index contributed by atoms with van der Waals surface area (Å²) >= 11 is 0. The number of pyridine rings is 1. The van der Waals surface area contributed by atoms with Gasteiger partial charge in [0.1, 0.15) is 23.4 Å². The minimum Gasteiger partial charge on any atom is -0.379 e. The molecule has 2 aliphatic heterocycles. The Labute approximate surface area is 186 Å². The molecule has 2 aliphatic rings. The molecular weight excluding hydrogens is 414 g/mol. The Morgan fingerprint density at radius 2 is 2.19 bits per heavy atom. The number of carbonyl (C=O) groups excluding carboxylic acids is 1. The molecule has 3 rings (SSSR count). The van der Waals surface area contributed by atoms with Gasteiger partial charge in [-0.1, -0.05) is 0 Å². The molecule has 2 atom stereocenters. The molecule has 3 N–H and O–H groups in total. The van der Waals surface area contributed by atoms with Crippen molar-refractivity contribution < 1.29 is 14.3 Å². The first-order valence-corrected chi connectivity index (χ1v) is 10.2. The van der Waals surface area contributed by atoms with Crippen LogP contribution in [0.1, 0.15) is 19.4 Å². The molecule has 1 aromatic rings. The van der Waals surface area contributed by atoms with E-state index in [1.165, 1.54) is 12.1 Å². The molecule has 11 heteroatoms. The second-order valence-corrected chi connectivity index (χ2v) is 7.22. The van der Waals surface area contributed by atoms with Crippen LogP contribution in [0.3, 0.4) is 0 Å². The number of rotatable bonds is 6. The summed E-state index contributed by atoms with van der Waals surface area (Å²) in [7, 11) is 4.86. The normalized spacial score (nSPS) is 22.4. The van der Waals surface area contributed by atoms with Crippen LogP contribution in [-0.2, 0) is 14.3 Å². The van der Waals surface area contributed by atoms with E-state index >= 15 is 0 Å². The van der Waals surface area contributed by atoms with E-state index in [2.05, 4.69) is 32.8 Å². The van der Waals surface area contributed by atoms with E-state index in [1.54, 1.807) is 50.1 Å². The average molecular weight is 444 g/mol. The number of anilines is 1. The minimum absolute atomic E-state index is 0.133. The van der Waals surface area contributed by atoms with Crippen LogP contribution in [0.15, 0.2) is 56.5 Å². The van der Waals surface area contributed by atoms with Crippen molar-refractivity contribution in [3.05, 3.63) is 52.0 Å². The highest BCUT2D eigenvalue weighted by Gasteiger charge is 2.29. The van der Waals surface area contributed by atoms with Crippen LogP contribution in [-0.4, -0.2) is 68.6 Å². The lowest BCUT2D eigenvalue weighted by Gasteiger charge is -2.32. The molecule has 1 fully saturated rings. The van der Waals surface area contributed by atoms with Gasteiger partial charge in [-0.05, 0) is 25.5 Å². The maximum absolute atomic E-state index is 13.2. The number of likely N-dealkylation sites (N-methyl/N-ethyl adjacent to an activating group) is 1. The second-order valence-electron chi connectivity index (χ2n) is 7.22. The number of aromatic nitrogens is 1. The zero-order chi connectivity index (χ0) is 23.3. The third-order valence-corrected chi connectivity index (χ3v) is 5.40. The third-order valence-electron chi connectivity index (χ3n) is 5.40. The molecular formula is C21H29N7O4. The highest BCUT2D eigenvalue weighted by atomic mass is 16.5. The summed E-state index contributed by atoms with van der Waals surface area (Å²) in [5, 5.41) is 14.0. The van der Waals surface area contributed by atoms with Gasteiger partial charge in [0.15, 0.2) is 5.82 Å². The SMILES string of the molecule is C=NN1C(NC)=CC(Nc2cccn([C@@H]3CCOC[C@@H]3OC)c2=O)=N/C1=C(/C)C(=O)NC. The fourth-order valence-electron chi connectivity index (χ4n) is 3.66. The van der Waals surface area contributed by atoms with Gasteiger partial charge < -0.3 is 30.0 Å². The van der Waals surface area contributed by atoms with Gasteiger partial charge in [0.2, 0.25) is 5.91 Å². The number of hydrogen-bond acceptors (Lipinski definition) is 9. The van der Waals surface area contributed by atoms with E-state index in [4.69, 9.17) is 9.47 Å². The Morgan fingerprint density at radius 3 is 2.84 bits per heavy atom. The Kier molecular flexibility index (Phi) is 7.44. The van der Waals surface area contributed by atoms with Crippen LogP contribution in [0.5, 0.6) is 0 Å². The molecule has 0 aliphatic carbocycles. The number of aliphatic imine (C=N–C) groups is 1. The fraction of sp³-hybridized carbons (Fsp3) is 0.429. The van der Waals surface area contributed by atoms with Crippen molar-refractivity contribution >= 4 is 24.1 Å². The molecule has 1 amide bonds. The second kappa shape index (κ2) is 10.2. The Bertz CT molecular complexity index is 1030. The van der Waals surface area contributed by atoms with E-state index in [-0.39, 0.29) is 29.4 Å². The number of hydrogen-bond donors (Lipinski definition) is 3. The standard InChI is InChI=1S/C21H29N7O4/c1-13(20(29)23-3)19-26-17(11-18(22-2)28(19)24-4)25-14-7-6-9-27(21(14)30)15-8-10-32-12-16(15)31-5/h6-7,9,11,15-16,22H,4,8,10,12H2,1-3,5H3,(H,23,29)(H,25,26)/b19-13+/t15-,16+/m1/s1. The van der Waals surface area contributed by atoms with Crippen LogP contribution in [0.2, 0.25) is 0 Å². The van der Waals surface area contributed by atoms with Crippen molar-refractivity contribution in [2.75, 3.05) is 39.7 Å². The number of amides is 1. The quantitative estimate of drug-likeness (QED) is 0.435. The van der Waals surface area contributed by atoms with Crippen molar-refractivity contribution in [2.45, 2.75) is 25.5 Å². The number of nitrogens with one attached hydrogen (secondary N) is 3. The van der Waals surface area contributed by atoms with Crippen LogP contribution in [0, 0.1) is 0 Å². The lowest BCUT2D eigenvalue weighted by Crippen LogP contribution is -2.40. The first-order chi connectivity index (χ1) is 15.4. The molecule has 0 unspecified atom stereocenters. The Morgan fingerprint density at radius 1 is 1.41 bits per heavy atom. The molecule has 172 valence electrons. The number of nitrogens with zero attached hydrogens (tertiary/aromatic N) is 4. The topological polar surface area (TPSA) is 122 Å². The van der Waals surface area contributed by atoms with Crippen molar-refractivity contribution in [3.63, 3.8) is 0 Å². The molecule has 1 aromatic heterocycles. The van der Waals surface area contributed by atoms with Gasteiger partial charge in [-0.25, -0.2) is 4.99 Å². The summed E-state index contributed by atoms with van der Waals surface area (Å²) in [6.07, 6.45) is 3.89.